The average molecular weight is 330 g/mol. The van der Waals surface area contributed by atoms with E-state index in [0.29, 0.717) is 19.0 Å². The predicted octanol–water partition coefficient (Wildman–Crippen LogP) is 1.75. The summed E-state index contributed by atoms with van der Waals surface area (Å²) in [5.74, 6) is 1.97. The van der Waals surface area contributed by atoms with Crippen molar-refractivity contribution in [3.8, 4) is 11.5 Å². The van der Waals surface area contributed by atoms with Crippen molar-refractivity contribution in [2.24, 2.45) is 0 Å². The molecule has 1 N–H and O–H groups in total. The summed E-state index contributed by atoms with van der Waals surface area (Å²) in [4.78, 5) is 16.2. The molecule has 2 aliphatic rings. The molecule has 2 amide bonds. The third kappa shape index (κ3) is 3.13. The molecule has 1 saturated heterocycles. The van der Waals surface area contributed by atoms with Crippen LogP contribution in [0.1, 0.15) is 5.56 Å². The van der Waals surface area contributed by atoms with Crippen LogP contribution in [0.5, 0.6) is 11.5 Å². The molecule has 8 heteroatoms. The van der Waals surface area contributed by atoms with Gasteiger partial charge in [0.1, 0.15) is 0 Å². The van der Waals surface area contributed by atoms with Gasteiger partial charge in [0.25, 0.3) is 0 Å². The zero-order valence-corrected chi connectivity index (χ0v) is 13.1. The highest BCUT2D eigenvalue weighted by atomic mass is 16.7. The molecule has 0 spiro atoms. The standard InChI is InChI=1S/C16H18N4O4/c21-16(18-15-3-4-17-24-15)20-7-5-19(6-8-20)10-12-1-2-13-14(9-12)23-11-22-13/h1-4,9H,5-8,10-11H2,(H,18,21). The quantitative estimate of drug-likeness (QED) is 0.923. The second-order valence-corrected chi connectivity index (χ2v) is 5.76. The number of piperazine rings is 1. The number of carbonyl (C=O) groups excluding carboxylic acids is 1. The third-order valence-electron chi connectivity index (χ3n) is 4.17. The molecule has 126 valence electrons. The fourth-order valence-corrected chi connectivity index (χ4v) is 2.87. The Balaban J connectivity index is 1.29. The number of hydrogen-bond acceptors (Lipinski definition) is 6. The fraction of sp³-hybridized carbons (Fsp3) is 0.375. The monoisotopic (exact) mass is 330 g/mol. The number of anilines is 1. The number of nitrogens with one attached hydrogen (secondary N) is 1. The van der Waals surface area contributed by atoms with Crippen LogP contribution in [0.25, 0.3) is 0 Å². The number of benzene rings is 1. The van der Waals surface area contributed by atoms with Gasteiger partial charge in [-0.3, -0.25) is 10.2 Å². The number of urea groups is 1. The van der Waals surface area contributed by atoms with Gasteiger partial charge in [-0.2, -0.15) is 0 Å². The molecule has 0 radical (unpaired) electrons. The number of carbonyl (C=O) groups is 1. The summed E-state index contributed by atoms with van der Waals surface area (Å²) in [7, 11) is 0. The van der Waals surface area contributed by atoms with Crippen LogP contribution in [0.15, 0.2) is 35.0 Å². The van der Waals surface area contributed by atoms with E-state index in [4.69, 9.17) is 14.0 Å². The SMILES string of the molecule is O=C(Nc1ccno1)N1CCN(Cc2ccc3c(c2)OCO3)CC1. The number of rotatable bonds is 3. The predicted molar refractivity (Wildman–Crippen MR) is 84.9 cm³/mol. The lowest BCUT2D eigenvalue weighted by Gasteiger charge is -2.34. The van der Waals surface area contributed by atoms with Crippen molar-refractivity contribution < 1.29 is 18.8 Å². The van der Waals surface area contributed by atoms with Crippen LogP contribution >= 0.6 is 0 Å². The van der Waals surface area contributed by atoms with Gasteiger partial charge in [-0.1, -0.05) is 11.2 Å². The van der Waals surface area contributed by atoms with E-state index in [1.807, 2.05) is 12.1 Å². The normalized spacial score (nSPS) is 17.1. The Bertz CT molecular complexity index is 711. The Kier molecular flexibility index (Phi) is 3.96. The minimum Gasteiger partial charge on any atom is -0.454 e. The summed E-state index contributed by atoms with van der Waals surface area (Å²) in [6, 6.07) is 7.48. The summed E-state index contributed by atoms with van der Waals surface area (Å²) >= 11 is 0. The van der Waals surface area contributed by atoms with Crippen molar-refractivity contribution in [3.63, 3.8) is 0 Å². The van der Waals surface area contributed by atoms with Gasteiger partial charge < -0.3 is 18.9 Å². The summed E-state index contributed by atoms with van der Waals surface area (Å²) in [6.07, 6.45) is 1.50. The van der Waals surface area contributed by atoms with Crippen molar-refractivity contribution in [2.75, 3.05) is 38.3 Å². The van der Waals surface area contributed by atoms with Gasteiger partial charge >= 0.3 is 6.03 Å². The van der Waals surface area contributed by atoms with E-state index in [1.165, 1.54) is 11.8 Å². The number of ether oxygens (including phenoxy) is 2. The van der Waals surface area contributed by atoms with Crippen LogP contribution in [0, 0.1) is 0 Å². The van der Waals surface area contributed by atoms with E-state index in [-0.39, 0.29) is 12.8 Å². The van der Waals surface area contributed by atoms with E-state index in [0.717, 1.165) is 31.1 Å². The third-order valence-corrected chi connectivity index (χ3v) is 4.17. The molecule has 3 heterocycles. The topological polar surface area (TPSA) is 80.1 Å². The number of amides is 2. The van der Waals surface area contributed by atoms with Crippen molar-refractivity contribution in [1.29, 1.82) is 0 Å². The molecule has 1 fully saturated rings. The molecule has 1 aromatic heterocycles. The van der Waals surface area contributed by atoms with Gasteiger partial charge in [0.15, 0.2) is 11.5 Å². The van der Waals surface area contributed by atoms with Gasteiger partial charge in [0, 0.05) is 38.8 Å². The molecule has 0 unspecified atom stereocenters. The summed E-state index contributed by atoms with van der Waals surface area (Å²) in [5.41, 5.74) is 1.18. The highest BCUT2D eigenvalue weighted by Crippen LogP contribution is 2.32. The lowest BCUT2D eigenvalue weighted by atomic mass is 10.1. The zero-order chi connectivity index (χ0) is 16.4. The van der Waals surface area contributed by atoms with Gasteiger partial charge in [0.05, 0.1) is 6.20 Å². The first-order valence-electron chi connectivity index (χ1n) is 7.85. The van der Waals surface area contributed by atoms with Gasteiger partial charge in [-0.15, -0.1) is 0 Å². The number of nitrogens with zero attached hydrogens (tertiary/aromatic N) is 3. The van der Waals surface area contributed by atoms with Crippen LogP contribution in [-0.4, -0.2) is 54.0 Å². The van der Waals surface area contributed by atoms with Crippen molar-refractivity contribution in [2.45, 2.75) is 6.54 Å². The van der Waals surface area contributed by atoms with Crippen molar-refractivity contribution >= 4 is 11.9 Å². The van der Waals surface area contributed by atoms with Gasteiger partial charge in [-0.25, -0.2) is 4.79 Å². The van der Waals surface area contributed by atoms with Crippen LogP contribution < -0.4 is 14.8 Å². The molecule has 24 heavy (non-hydrogen) atoms. The minimum absolute atomic E-state index is 0.158. The van der Waals surface area contributed by atoms with Crippen molar-refractivity contribution in [1.82, 2.24) is 15.0 Å². The second kappa shape index (κ2) is 6.40. The highest BCUT2D eigenvalue weighted by molar-refractivity contribution is 5.87. The van der Waals surface area contributed by atoms with Crippen LogP contribution in [0.3, 0.4) is 0 Å². The van der Waals surface area contributed by atoms with E-state index >= 15 is 0 Å². The van der Waals surface area contributed by atoms with E-state index in [1.54, 1.807) is 11.0 Å². The maximum Gasteiger partial charge on any atom is 0.324 e. The first kappa shape index (κ1) is 14.8. The Labute approximate surface area is 138 Å². The smallest absolute Gasteiger partial charge is 0.324 e. The van der Waals surface area contributed by atoms with Gasteiger partial charge in [-0.05, 0) is 17.7 Å². The summed E-state index contributed by atoms with van der Waals surface area (Å²) in [6.45, 7) is 4.09. The summed E-state index contributed by atoms with van der Waals surface area (Å²) < 4.78 is 15.6. The largest absolute Gasteiger partial charge is 0.454 e. The molecular weight excluding hydrogens is 312 g/mol. The number of hydrogen-bond donors (Lipinski definition) is 1. The fourth-order valence-electron chi connectivity index (χ4n) is 2.87. The van der Waals surface area contributed by atoms with Crippen molar-refractivity contribution in [3.05, 3.63) is 36.0 Å². The molecule has 0 aliphatic carbocycles. The molecule has 8 nitrogen and oxygen atoms in total. The summed E-state index contributed by atoms with van der Waals surface area (Å²) in [5, 5.41) is 6.26. The van der Waals surface area contributed by atoms with E-state index < -0.39 is 0 Å². The number of aromatic nitrogens is 1. The van der Waals surface area contributed by atoms with Gasteiger partial charge in [0.2, 0.25) is 12.7 Å². The minimum atomic E-state index is -0.158. The second-order valence-electron chi connectivity index (χ2n) is 5.76. The Morgan fingerprint density at radius 1 is 1.12 bits per heavy atom. The Hall–Kier alpha value is -2.74. The maximum atomic E-state index is 12.1. The first-order chi connectivity index (χ1) is 11.8. The molecule has 4 rings (SSSR count). The Morgan fingerprint density at radius 2 is 1.96 bits per heavy atom. The average Bonchev–Trinajstić information content (AvgIpc) is 3.26. The lowest BCUT2D eigenvalue weighted by molar-refractivity contribution is 0.142. The first-order valence-corrected chi connectivity index (χ1v) is 7.85. The molecule has 2 aliphatic heterocycles. The van der Waals surface area contributed by atoms with Crippen LogP contribution in [0.4, 0.5) is 10.7 Å². The Morgan fingerprint density at radius 3 is 2.75 bits per heavy atom. The maximum absolute atomic E-state index is 12.1. The number of fused-ring (bicyclic) bond motifs is 1. The molecular formula is C16H18N4O4. The molecule has 1 aromatic carbocycles. The van der Waals surface area contributed by atoms with Crippen LogP contribution in [0.2, 0.25) is 0 Å². The molecule has 0 atom stereocenters. The lowest BCUT2D eigenvalue weighted by Crippen LogP contribution is -2.49. The molecule has 2 aromatic rings. The molecule has 0 bridgehead atoms. The van der Waals surface area contributed by atoms with E-state index in [9.17, 15) is 4.79 Å². The van der Waals surface area contributed by atoms with E-state index in [2.05, 4.69) is 21.4 Å². The van der Waals surface area contributed by atoms with Crippen LogP contribution in [-0.2, 0) is 6.54 Å². The molecule has 0 saturated carbocycles. The zero-order valence-electron chi connectivity index (χ0n) is 13.1. The highest BCUT2D eigenvalue weighted by Gasteiger charge is 2.22.